The number of para-hydroxylation sites is 2. The molecule has 1 aliphatic heterocycles. The maximum Gasteiger partial charge on any atom is 0.251 e. The predicted octanol–water partition coefficient (Wildman–Crippen LogP) is 3.91. The Hall–Kier alpha value is -4.00. The molecule has 2 heterocycles. The third kappa shape index (κ3) is 6.10. The van der Waals surface area contributed by atoms with Crippen LogP contribution in [0, 0.1) is 0 Å². The van der Waals surface area contributed by atoms with Crippen molar-refractivity contribution in [2.75, 3.05) is 30.3 Å². The van der Waals surface area contributed by atoms with Crippen molar-refractivity contribution in [1.82, 2.24) is 24.4 Å². The Kier molecular flexibility index (Phi) is 9.05. The van der Waals surface area contributed by atoms with Crippen molar-refractivity contribution in [3.8, 4) is 5.69 Å². The molecule has 0 fully saturated rings. The minimum Gasteiger partial charge on any atom is -0.345 e. The summed E-state index contributed by atoms with van der Waals surface area (Å²) in [5.74, 6) is 0.307. The summed E-state index contributed by atoms with van der Waals surface area (Å²) in [6.45, 7) is 5.03. The molecule has 0 saturated heterocycles. The highest BCUT2D eigenvalue weighted by Gasteiger charge is 2.26. The molecule has 4 aromatic rings. The van der Waals surface area contributed by atoms with Gasteiger partial charge < -0.3 is 10.2 Å². The summed E-state index contributed by atoms with van der Waals surface area (Å²) in [6, 6.07) is 23.3. The van der Waals surface area contributed by atoms with Crippen LogP contribution in [0.5, 0.6) is 0 Å². The smallest absolute Gasteiger partial charge is 0.251 e. The molecular formula is C30H32N6O4S2. The van der Waals surface area contributed by atoms with Gasteiger partial charge in [0.2, 0.25) is 15.9 Å². The number of nitrogens with one attached hydrogen (secondary N) is 1. The number of benzene rings is 3. The zero-order valence-electron chi connectivity index (χ0n) is 23.4. The van der Waals surface area contributed by atoms with Crippen LogP contribution in [0.25, 0.3) is 5.69 Å². The average molecular weight is 605 g/mol. The number of hydrogen-bond donors (Lipinski definition) is 1. The molecule has 0 bridgehead atoms. The van der Waals surface area contributed by atoms with E-state index in [0.29, 0.717) is 36.2 Å². The van der Waals surface area contributed by atoms with E-state index in [0.717, 1.165) is 17.8 Å². The largest absolute Gasteiger partial charge is 0.345 e. The second-order valence-corrected chi connectivity index (χ2v) is 12.5. The van der Waals surface area contributed by atoms with Gasteiger partial charge in [-0.3, -0.25) is 14.2 Å². The zero-order valence-corrected chi connectivity index (χ0v) is 25.1. The number of nitrogens with zero attached hydrogens (tertiary/aromatic N) is 5. The molecule has 0 spiro atoms. The Balaban J connectivity index is 1.29. The summed E-state index contributed by atoms with van der Waals surface area (Å²) in [7, 11) is -3.61. The molecule has 5 rings (SSSR count). The van der Waals surface area contributed by atoms with Gasteiger partial charge in [0.25, 0.3) is 5.91 Å². The Morgan fingerprint density at radius 1 is 0.929 bits per heavy atom. The van der Waals surface area contributed by atoms with Gasteiger partial charge in [-0.2, -0.15) is 4.31 Å². The van der Waals surface area contributed by atoms with Crippen LogP contribution in [0.2, 0.25) is 0 Å². The molecule has 0 unspecified atom stereocenters. The molecule has 2 amide bonds. The van der Waals surface area contributed by atoms with Crippen molar-refractivity contribution in [1.29, 1.82) is 0 Å². The highest BCUT2D eigenvalue weighted by Crippen LogP contribution is 2.29. The van der Waals surface area contributed by atoms with E-state index in [1.54, 1.807) is 13.8 Å². The molecule has 0 radical (unpaired) electrons. The number of carbonyl (C=O) groups excluding carboxylic acids is 2. The molecule has 3 aromatic carbocycles. The zero-order chi connectivity index (χ0) is 29.7. The lowest BCUT2D eigenvalue weighted by Crippen LogP contribution is -2.30. The number of fused-ring (bicyclic) bond motifs is 1. The third-order valence-corrected chi connectivity index (χ3v) is 10.1. The van der Waals surface area contributed by atoms with Gasteiger partial charge in [0.15, 0.2) is 11.0 Å². The molecule has 1 N–H and O–H groups in total. The van der Waals surface area contributed by atoms with E-state index in [1.165, 1.54) is 45.9 Å². The van der Waals surface area contributed by atoms with Gasteiger partial charge in [0.1, 0.15) is 0 Å². The van der Waals surface area contributed by atoms with Gasteiger partial charge in [-0.1, -0.05) is 62.0 Å². The fourth-order valence-electron chi connectivity index (χ4n) is 4.90. The average Bonchev–Trinajstić information content (AvgIpc) is 3.64. The van der Waals surface area contributed by atoms with Crippen LogP contribution in [-0.2, 0) is 27.8 Å². The summed E-state index contributed by atoms with van der Waals surface area (Å²) in [5.41, 5.74) is 3.25. The van der Waals surface area contributed by atoms with Crippen molar-refractivity contribution in [3.05, 3.63) is 95.8 Å². The predicted molar refractivity (Wildman–Crippen MR) is 162 cm³/mol. The topological polar surface area (TPSA) is 118 Å². The standard InChI is InChI=1S/C30H32N6O4S2/c1-3-34(4-2)42(39,40)25-16-14-23(15-17-25)29(38)31-20-27-32-33-30(36(27)24-11-6-5-7-12-24)41-21-28(37)35-19-18-22-10-8-9-13-26(22)35/h5-17H,3-4,18-21H2,1-2H3,(H,31,38). The first-order valence-electron chi connectivity index (χ1n) is 13.7. The molecule has 0 atom stereocenters. The number of hydrogen-bond acceptors (Lipinski definition) is 7. The molecule has 12 heteroatoms. The summed E-state index contributed by atoms with van der Waals surface area (Å²) in [4.78, 5) is 28.0. The highest BCUT2D eigenvalue weighted by atomic mass is 32.2. The van der Waals surface area contributed by atoms with Crippen molar-refractivity contribution in [2.24, 2.45) is 0 Å². The van der Waals surface area contributed by atoms with Crippen LogP contribution < -0.4 is 10.2 Å². The van der Waals surface area contributed by atoms with Crippen LogP contribution in [-0.4, -0.2) is 64.7 Å². The van der Waals surface area contributed by atoms with Gasteiger partial charge in [0, 0.05) is 36.6 Å². The lowest BCUT2D eigenvalue weighted by Gasteiger charge is -2.18. The molecule has 1 aliphatic rings. The Bertz CT molecular complexity index is 1670. The summed E-state index contributed by atoms with van der Waals surface area (Å²) in [5, 5.41) is 12.1. The van der Waals surface area contributed by atoms with Gasteiger partial charge in [0.05, 0.1) is 17.2 Å². The first kappa shape index (κ1) is 29.5. The van der Waals surface area contributed by atoms with Crippen molar-refractivity contribution >= 4 is 39.3 Å². The van der Waals surface area contributed by atoms with Crippen LogP contribution >= 0.6 is 11.8 Å². The maximum absolute atomic E-state index is 13.1. The van der Waals surface area contributed by atoms with Crippen molar-refractivity contribution < 1.29 is 18.0 Å². The molecule has 0 saturated carbocycles. The van der Waals surface area contributed by atoms with E-state index in [9.17, 15) is 18.0 Å². The van der Waals surface area contributed by atoms with Gasteiger partial charge >= 0.3 is 0 Å². The van der Waals surface area contributed by atoms with E-state index < -0.39 is 10.0 Å². The second kappa shape index (κ2) is 12.9. The van der Waals surface area contributed by atoms with Crippen molar-refractivity contribution in [3.63, 3.8) is 0 Å². The number of sulfonamides is 1. The minimum atomic E-state index is -3.61. The Morgan fingerprint density at radius 2 is 1.62 bits per heavy atom. The Morgan fingerprint density at radius 3 is 2.33 bits per heavy atom. The molecular weight excluding hydrogens is 573 g/mol. The molecule has 0 aliphatic carbocycles. The molecule has 42 heavy (non-hydrogen) atoms. The lowest BCUT2D eigenvalue weighted by atomic mass is 10.2. The summed E-state index contributed by atoms with van der Waals surface area (Å²) < 4.78 is 28.7. The van der Waals surface area contributed by atoms with E-state index >= 15 is 0 Å². The maximum atomic E-state index is 13.1. The third-order valence-electron chi connectivity index (χ3n) is 7.09. The molecule has 1 aromatic heterocycles. The monoisotopic (exact) mass is 604 g/mol. The quantitative estimate of drug-likeness (QED) is 0.258. The Labute approximate surface area is 249 Å². The fourth-order valence-corrected chi connectivity index (χ4v) is 7.20. The number of carbonyl (C=O) groups is 2. The summed E-state index contributed by atoms with van der Waals surface area (Å²) >= 11 is 1.30. The minimum absolute atomic E-state index is 0.00568. The summed E-state index contributed by atoms with van der Waals surface area (Å²) in [6.07, 6.45) is 0.838. The van der Waals surface area contributed by atoms with Gasteiger partial charge in [-0.15, -0.1) is 10.2 Å². The molecule has 218 valence electrons. The van der Waals surface area contributed by atoms with E-state index in [4.69, 9.17) is 0 Å². The number of anilines is 1. The van der Waals surface area contributed by atoms with E-state index in [-0.39, 0.29) is 29.0 Å². The van der Waals surface area contributed by atoms with Crippen molar-refractivity contribution in [2.45, 2.75) is 36.9 Å². The SMILES string of the molecule is CCN(CC)S(=O)(=O)c1ccc(C(=O)NCc2nnc(SCC(=O)N3CCc4ccccc43)n2-c2ccccc2)cc1. The number of amides is 2. The fraction of sp³-hybridized carbons (Fsp3) is 0.267. The van der Waals surface area contributed by atoms with E-state index in [2.05, 4.69) is 15.5 Å². The highest BCUT2D eigenvalue weighted by molar-refractivity contribution is 7.99. The number of aromatic nitrogens is 3. The lowest BCUT2D eigenvalue weighted by molar-refractivity contribution is -0.116. The van der Waals surface area contributed by atoms with Crippen LogP contribution in [0.3, 0.4) is 0 Å². The van der Waals surface area contributed by atoms with Crippen LogP contribution in [0.15, 0.2) is 88.9 Å². The number of thioether (sulfide) groups is 1. The number of rotatable bonds is 11. The first-order valence-corrected chi connectivity index (χ1v) is 16.1. The van der Waals surface area contributed by atoms with Crippen LogP contribution in [0.1, 0.15) is 35.6 Å². The van der Waals surface area contributed by atoms with E-state index in [1.807, 2.05) is 64.1 Å². The normalized spacial score (nSPS) is 12.9. The van der Waals surface area contributed by atoms with Gasteiger partial charge in [-0.25, -0.2) is 8.42 Å². The molecule has 10 nitrogen and oxygen atoms in total. The van der Waals surface area contributed by atoms with Crippen LogP contribution in [0.4, 0.5) is 5.69 Å². The van der Waals surface area contributed by atoms with Gasteiger partial charge in [-0.05, 0) is 54.4 Å². The first-order chi connectivity index (χ1) is 20.3. The second-order valence-electron chi connectivity index (χ2n) is 9.58.